The number of amides is 3. The summed E-state index contributed by atoms with van der Waals surface area (Å²) in [6.07, 6.45) is -0.628. The summed E-state index contributed by atoms with van der Waals surface area (Å²) in [7, 11) is 2.64. The standard InChI is InChI=1S/C12H12N2O5/c1-13(12(17)18-2)7-19-14-10(15)8-5-3-4-6-9(8)11(14)16/h3-6H,7H2,1-2H3. The largest absolute Gasteiger partial charge is 0.453 e. The predicted octanol–water partition coefficient (Wildman–Crippen LogP) is 0.870. The minimum Gasteiger partial charge on any atom is -0.453 e. The van der Waals surface area contributed by atoms with E-state index in [0.29, 0.717) is 5.06 Å². The van der Waals surface area contributed by atoms with Gasteiger partial charge in [-0.2, -0.15) is 0 Å². The molecule has 0 radical (unpaired) electrons. The number of hydroxylamine groups is 2. The summed E-state index contributed by atoms with van der Waals surface area (Å²) < 4.78 is 4.46. The molecule has 1 aliphatic rings. The number of carbonyl (C=O) groups is 3. The highest BCUT2D eigenvalue weighted by atomic mass is 16.7. The number of fused-ring (bicyclic) bond motifs is 1. The van der Waals surface area contributed by atoms with Gasteiger partial charge in [0.1, 0.15) is 0 Å². The highest BCUT2D eigenvalue weighted by Gasteiger charge is 2.36. The van der Waals surface area contributed by atoms with Gasteiger partial charge in [0.05, 0.1) is 18.2 Å². The number of benzene rings is 1. The van der Waals surface area contributed by atoms with E-state index in [-0.39, 0.29) is 17.9 Å². The fourth-order valence-corrected chi connectivity index (χ4v) is 1.64. The molecule has 0 fully saturated rings. The molecule has 0 aromatic heterocycles. The number of ether oxygens (including phenoxy) is 1. The monoisotopic (exact) mass is 264 g/mol. The van der Waals surface area contributed by atoms with E-state index >= 15 is 0 Å². The summed E-state index contributed by atoms with van der Waals surface area (Å²) in [5.41, 5.74) is 0.571. The fraction of sp³-hybridized carbons (Fsp3) is 0.250. The number of rotatable bonds is 3. The molecule has 100 valence electrons. The molecule has 2 rings (SSSR count). The Balaban J connectivity index is 2.07. The van der Waals surface area contributed by atoms with Crippen LogP contribution in [-0.4, -0.2) is 48.8 Å². The van der Waals surface area contributed by atoms with Crippen LogP contribution < -0.4 is 0 Å². The van der Waals surface area contributed by atoms with Crippen LogP contribution >= 0.6 is 0 Å². The van der Waals surface area contributed by atoms with E-state index < -0.39 is 17.9 Å². The number of carbonyl (C=O) groups excluding carboxylic acids is 3. The highest BCUT2D eigenvalue weighted by Crippen LogP contribution is 2.22. The lowest BCUT2D eigenvalue weighted by Crippen LogP contribution is -2.37. The lowest BCUT2D eigenvalue weighted by molar-refractivity contribution is -0.120. The molecule has 7 heteroatoms. The van der Waals surface area contributed by atoms with E-state index in [1.165, 1.54) is 14.2 Å². The molecule has 0 saturated heterocycles. The Morgan fingerprint density at radius 2 is 1.74 bits per heavy atom. The third kappa shape index (κ3) is 2.27. The molecule has 7 nitrogen and oxygen atoms in total. The summed E-state index contributed by atoms with van der Waals surface area (Å²) in [5, 5.41) is 0.643. The van der Waals surface area contributed by atoms with Crippen molar-refractivity contribution in [1.29, 1.82) is 0 Å². The summed E-state index contributed by atoms with van der Waals surface area (Å²) in [4.78, 5) is 41.1. The summed E-state index contributed by atoms with van der Waals surface area (Å²) in [6, 6.07) is 6.41. The van der Waals surface area contributed by atoms with Gasteiger partial charge in [-0.05, 0) is 12.1 Å². The number of nitrogens with zero attached hydrogens (tertiary/aromatic N) is 2. The van der Waals surface area contributed by atoms with Crippen LogP contribution in [0.3, 0.4) is 0 Å². The normalized spacial score (nSPS) is 13.5. The molecule has 19 heavy (non-hydrogen) atoms. The number of hydrogen-bond donors (Lipinski definition) is 0. The maximum absolute atomic E-state index is 11.9. The Bertz CT molecular complexity index is 508. The quantitative estimate of drug-likeness (QED) is 0.598. The van der Waals surface area contributed by atoms with Crippen molar-refractivity contribution in [3.8, 4) is 0 Å². The van der Waals surface area contributed by atoms with E-state index in [1.54, 1.807) is 24.3 Å². The second-order valence-electron chi connectivity index (χ2n) is 3.88. The molecule has 0 atom stereocenters. The molecule has 3 amide bonds. The van der Waals surface area contributed by atoms with E-state index in [9.17, 15) is 14.4 Å². The van der Waals surface area contributed by atoms with Crippen LogP contribution in [0.1, 0.15) is 20.7 Å². The fourth-order valence-electron chi connectivity index (χ4n) is 1.64. The van der Waals surface area contributed by atoms with Gasteiger partial charge in [-0.25, -0.2) is 9.63 Å². The summed E-state index contributed by atoms with van der Waals surface area (Å²) in [5.74, 6) is -1.09. The third-order valence-electron chi connectivity index (χ3n) is 2.62. The molecule has 0 bridgehead atoms. The average molecular weight is 264 g/mol. The van der Waals surface area contributed by atoms with E-state index in [1.807, 2.05) is 0 Å². The molecule has 0 N–H and O–H groups in total. The van der Waals surface area contributed by atoms with Gasteiger partial charge in [-0.15, -0.1) is 5.06 Å². The predicted molar refractivity (Wildman–Crippen MR) is 63.1 cm³/mol. The van der Waals surface area contributed by atoms with Crippen molar-refractivity contribution in [2.24, 2.45) is 0 Å². The highest BCUT2D eigenvalue weighted by molar-refractivity contribution is 6.20. The first-order valence-corrected chi connectivity index (χ1v) is 5.46. The first-order valence-electron chi connectivity index (χ1n) is 5.46. The molecule has 1 heterocycles. The van der Waals surface area contributed by atoms with E-state index in [2.05, 4.69) is 4.74 Å². The van der Waals surface area contributed by atoms with Crippen LogP contribution in [0, 0.1) is 0 Å². The van der Waals surface area contributed by atoms with Gasteiger partial charge in [-0.3, -0.25) is 14.5 Å². The van der Waals surface area contributed by atoms with Gasteiger partial charge in [0.2, 0.25) is 0 Å². The molecule has 1 aromatic carbocycles. The Hall–Kier alpha value is -2.41. The van der Waals surface area contributed by atoms with Gasteiger partial charge in [-0.1, -0.05) is 12.1 Å². The Morgan fingerprint density at radius 3 is 2.21 bits per heavy atom. The zero-order chi connectivity index (χ0) is 14.0. The van der Waals surface area contributed by atoms with Crippen molar-refractivity contribution in [2.75, 3.05) is 20.9 Å². The SMILES string of the molecule is COC(=O)N(C)CON1C(=O)c2ccccc2C1=O. The van der Waals surface area contributed by atoms with Gasteiger partial charge in [0, 0.05) is 7.05 Å². The molecule has 0 spiro atoms. The molecular formula is C12H12N2O5. The van der Waals surface area contributed by atoms with Crippen molar-refractivity contribution < 1.29 is 24.0 Å². The maximum atomic E-state index is 11.9. The zero-order valence-electron chi connectivity index (χ0n) is 10.5. The minimum atomic E-state index is -0.628. The van der Waals surface area contributed by atoms with Crippen LogP contribution in [0.25, 0.3) is 0 Å². The smallest absolute Gasteiger partial charge is 0.411 e. The molecule has 0 unspecified atom stereocenters. The van der Waals surface area contributed by atoms with Crippen molar-refractivity contribution in [1.82, 2.24) is 9.96 Å². The van der Waals surface area contributed by atoms with Crippen molar-refractivity contribution in [3.05, 3.63) is 35.4 Å². The number of hydrogen-bond acceptors (Lipinski definition) is 5. The molecule has 1 aliphatic heterocycles. The minimum absolute atomic E-state index is 0.266. The van der Waals surface area contributed by atoms with E-state index in [0.717, 1.165) is 4.90 Å². The van der Waals surface area contributed by atoms with Crippen molar-refractivity contribution >= 4 is 17.9 Å². The zero-order valence-corrected chi connectivity index (χ0v) is 10.5. The summed E-state index contributed by atoms with van der Waals surface area (Å²) in [6.45, 7) is -0.266. The van der Waals surface area contributed by atoms with Crippen molar-refractivity contribution in [3.63, 3.8) is 0 Å². The first-order chi connectivity index (χ1) is 9.06. The Kier molecular flexibility index (Phi) is 3.48. The Morgan fingerprint density at radius 1 is 1.21 bits per heavy atom. The van der Waals surface area contributed by atoms with Gasteiger partial charge >= 0.3 is 6.09 Å². The van der Waals surface area contributed by atoms with Crippen LogP contribution in [0.15, 0.2) is 24.3 Å². The van der Waals surface area contributed by atoms with Crippen LogP contribution in [0.5, 0.6) is 0 Å². The lowest BCUT2D eigenvalue weighted by Gasteiger charge is -2.19. The van der Waals surface area contributed by atoms with Crippen LogP contribution in [0.2, 0.25) is 0 Å². The van der Waals surface area contributed by atoms with Crippen LogP contribution in [-0.2, 0) is 9.57 Å². The van der Waals surface area contributed by atoms with Gasteiger partial charge in [0.25, 0.3) is 11.8 Å². The third-order valence-corrected chi connectivity index (χ3v) is 2.62. The number of methoxy groups -OCH3 is 1. The van der Waals surface area contributed by atoms with E-state index in [4.69, 9.17) is 4.84 Å². The number of imide groups is 1. The Labute approximate surface area is 109 Å². The van der Waals surface area contributed by atoms with Crippen molar-refractivity contribution in [2.45, 2.75) is 0 Å². The molecular weight excluding hydrogens is 252 g/mol. The molecule has 1 aromatic rings. The van der Waals surface area contributed by atoms with Gasteiger partial charge in [0.15, 0.2) is 6.73 Å². The summed E-state index contributed by atoms with van der Waals surface area (Å²) >= 11 is 0. The first kappa shape index (κ1) is 13.0. The average Bonchev–Trinajstić information content (AvgIpc) is 2.68. The maximum Gasteiger partial charge on any atom is 0.411 e. The topological polar surface area (TPSA) is 76.2 Å². The van der Waals surface area contributed by atoms with Gasteiger partial charge < -0.3 is 4.74 Å². The second-order valence-corrected chi connectivity index (χ2v) is 3.88. The van der Waals surface area contributed by atoms with Crippen LogP contribution in [0.4, 0.5) is 4.79 Å². The molecule has 0 saturated carbocycles. The lowest BCUT2D eigenvalue weighted by atomic mass is 10.1. The molecule has 0 aliphatic carbocycles. The second kappa shape index (κ2) is 5.07.